The molecule has 1 fully saturated rings. The van der Waals surface area contributed by atoms with Crippen LogP contribution < -0.4 is 0 Å². The minimum atomic E-state index is 0.334. The summed E-state index contributed by atoms with van der Waals surface area (Å²) in [7, 11) is 0. The van der Waals surface area contributed by atoms with Gasteiger partial charge in [-0.1, -0.05) is 37.1 Å². The maximum absolute atomic E-state index is 12.1. The topological polar surface area (TPSA) is 30.0 Å². The number of nitrogens with zero attached hydrogens (tertiary/aromatic N) is 1. The molecule has 2 heteroatoms. The summed E-state index contributed by atoms with van der Waals surface area (Å²) in [6.07, 6.45) is 6.08. The molecule has 0 saturated heterocycles. The number of fused-ring (bicyclic) bond motifs is 1. The van der Waals surface area contributed by atoms with Crippen LogP contribution in [0.25, 0.3) is 10.9 Å². The lowest BCUT2D eigenvalue weighted by Crippen LogP contribution is -2.11. The number of carbonyl (C=O) groups excluding carboxylic acids is 1. The van der Waals surface area contributed by atoms with Crippen LogP contribution in [-0.4, -0.2) is 10.8 Å². The van der Waals surface area contributed by atoms with E-state index in [-0.39, 0.29) is 0 Å². The normalized spacial score (nSPS) is 16.0. The second kappa shape index (κ2) is 5.52. The van der Waals surface area contributed by atoms with Crippen molar-refractivity contribution in [1.29, 1.82) is 0 Å². The van der Waals surface area contributed by atoms with Gasteiger partial charge in [-0.25, -0.2) is 0 Å². The molecule has 0 N–H and O–H groups in total. The molecular weight excluding hydrogens is 234 g/mol. The van der Waals surface area contributed by atoms with Crippen LogP contribution in [0.5, 0.6) is 0 Å². The fraction of sp³-hybridized carbons (Fsp3) is 0.412. The molecule has 1 saturated carbocycles. The zero-order valence-electron chi connectivity index (χ0n) is 11.1. The van der Waals surface area contributed by atoms with Crippen LogP contribution in [0.1, 0.15) is 37.8 Å². The van der Waals surface area contributed by atoms with Crippen molar-refractivity contribution in [1.82, 2.24) is 4.98 Å². The largest absolute Gasteiger partial charge is 0.299 e. The van der Waals surface area contributed by atoms with Gasteiger partial charge in [0.2, 0.25) is 0 Å². The van der Waals surface area contributed by atoms with Crippen molar-refractivity contribution in [2.24, 2.45) is 5.92 Å². The zero-order chi connectivity index (χ0) is 13.1. The maximum Gasteiger partial charge on any atom is 0.136 e. The number of pyridine rings is 1. The molecule has 19 heavy (non-hydrogen) atoms. The first-order chi connectivity index (χ1) is 9.33. The first-order valence-electron chi connectivity index (χ1n) is 7.20. The number of ketones is 1. The Balaban J connectivity index is 1.66. The first-order valence-corrected chi connectivity index (χ1v) is 7.20. The molecular formula is C17H19NO. The number of aromatic nitrogens is 1. The smallest absolute Gasteiger partial charge is 0.136 e. The third-order valence-electron chi connectivity index (χ3n) is 4.09. The minimum absolute atomic E-state index is 0.334. The van der Waals surface area contributed by atoms with Gasteiger partial charge in [0.15, 0.2) is 0 Å². The highest BCUT2D eigenvalue weighted by Gasteiger charge is 2.22. The van der Waals surface area contributed by atoms with E-state index in [9.17, 15) is 4.79 Å². The molecule has 1 aromatic heterocycles. The monoisotopic (exact) mass is 253 g/mol. The highest BCUT2D eigenvalue weighted by Crippen LogP contribution is 2.26. The third kappa shape index (κ3) is 2.83. The fourth-order valence-electron chi connectivity index (χ4n) is 2.95. The van der Waals surface area contributed by atoms with Gasteiger partial charge in [0.1, 0.15) is 5.78 Å². The van der Waals surface area contributed by atoms with E-state index in [2.05, 4.69) is 17.1 Å². The Labute approximate surface area is 113 Å². The minimum Gasteiger partial charge on any atom is -0.299 e. The second-order valence-electron chi connectivity index (χ2n) is 5.44. The molecule has 0 spiro atoms. The summed E-state index contributed by atoms with van der Waals surface area (Å²) in [5.41, 5.74) is 2.05. The summed E-state index contributed by atoms with van der Waals surface area (Å²) < 4.78 is 0. The lowest BCUT2D eigenvalue weighted by atomic mass is 9.98. The molecule has 98 valence electrons. The summed E-state index contributed by atoms with van der Waals surface area (Å²) >= 11 is 0. The number of rotatable bonds is 4. The van der Waals surface area contributed by atoms with Gasteiger partial charge in [0.25, 0.3) is 0 Å². The van der Waals surface area contributed by atoms with E-state index >= 15 is 0 Å². The molecule has 0 bridgehead atoms. The lowest BCUT2D eigenvalue weighted by Gasteiger charge is -2.07. The summed E-state index contributed by atoms with van der Waals surface area (Å²) in [5, 5.41) is 1.16. The SMILES string of the molecule is O=C(CCc1ccc2ccccc2n1)C1CCCC1. The van der Waals surface area contributed by atoms with Crippen LogP contribution in [0.3, 0.4) is 0 Å². The van der Waals surface area contributed by atoms with Crippen molar-refractivity contribution < 1.29 is 4.79 Å². The molecule has 3 rings (SSSR count). The predicted octanol–water partition coefficient (Wildman–Crippen LogP) is 3.93. The van der Waals surface area contributed by atoms with Crippen molar-refractivity contribution in [2.75, 3.05) is 0 Å². The van der Waals surface area contributed by atoms with Gasteiger partial charge < -0.3 is 0 Å². The Morgan fingerprint density at radius 1 is 1.11 bits per heavy atom. The Morgan fingerprint density at radius 2 is 1.89 bits per heavy atom. The Morgan fingerprint density at radius 3 is 2.74 bits per heavy atom. The molecule has 2 nitrogen and oxygen atoms in total. The molecule has 0 radical (unpaired) electrons. The van der Waals surface area contributed by atoms with E-state index in [0.29, 0.717) is 18.1 Å². The highest BCUT2D eigenvalue weighted by molar-refractivity contribution is 5.82. The standard InChI is InChI=1S/C17H19NO/c19-17(14-6-1-2-7-14)12-11-15-10-9-13-5-3-4-8-16(13)18-15/h3-5,8-10,14H,1-2,6-7,11-12H2. The van der Waals surface area contributed by atoms with Gasteiger partial charge in [-0.15, -0.1) is 0 Å². The van der Waals surface area contributed by atoms with Crippen molar-refractivity contribution in [3.05, 3.63) is 42.1 Å². The van der Waals surface area contributed by atoms with E-state index < -0.39 is 0 Å². The van der Waals surface area contributed by atoms with Crippen molar-refractivity contribution in [2.45, 2.75) is 38.5 Å². The summed E-state index contributed by atoms with van der Waals surface area (Å²) in [6, 6.07) is 12.3. The van der Waals surface area contributed by atoms with E-state index in [0.717, 1.165) is 35.9 Å². The summed E-state index contributed by atoms with van der Waals surface area (Å²) in [4.78, 5) is 16.7. The van der Waals surface area contributed by atoms with E-state index in [1.807, 2.05) is 24.3 Å². The van der Waals surface area contributed by atoms with Crippen LogP contribution in [0, 0.1) is 5.92 Å². The number of hydrogen-bond donors (Lipinski definition) is 0. The summed E-state index contributed by atoms with van der Waals surface area (Å²) in [6.45, 7) is 0. The molecule has 2 aromatic rings. The molecule has 0 amide bonds. The van der Waals surface area contributed by atoms with Gasteiger partial charge in [0, 0.05) is 23.4 Å². The van der Waals surface area contributed by atoms with Crippen LogP contribution >= 0.6 is 0 Å². The first kappa shape index (κ1) is 12.3. The Kier molecular flexibility index (Phi) is 3.58. The van der Waals surface area contributed by atoms with Gasteiger partial charge in [-0.05, 0) is 31.4 Å². The van der Waals surface area contributed by atoms with Crippen molar-refractivity contribution in [3.8, 4) is 0 Å². The van der Waals surface area contributed by atoms with Crippen LogP contribution in [-0.2, 0) is 11.2 Å². The maximum atomic E-state index is 12.1. The fourth-order valence-corrected chi connectivity index (χ4v) is 2.95. The van der Waals surface area contributed by atoms with Gasteiger partial charge in [0.05, 0.1) is 5.52 Å². The number of hydrogen-bond acceptors (Lipinski definition) is 2. The quantitative estimate of drug-likeness (QED) is 0.826. The molecule has 1 aliphatic rings. The van der Waals surface area contributed by atoms with Gasteiger partial charge >= 0.3 is 0 Å². The summed E-state index contributed by atoms with van der Waals surface area (Å²) in [5.74, 6) is 0.771. The van der Waals surface area contributed by atoms with Crippen LogP contribution in [0.4, 0.5) is 0 Å². The average molecular weight is 253 g/mol. The Bertz CT molecular complexity index is 585. The van der Waals surface area contributed by atoms with Crippen LogP contribution in [0.2, 0.25) is 0 Å². The Hall–Kier alpha value is -1.70. The van der Waals surface area contributed by atoms with Gasteiger partial charge in [-0.3, -0.25) is 9.78 Å². The number of benzene rings is 1. The van der Waals surface area contributed by atoms with Gasteiger partial charge in [-0.2, -0.15) is 0 Å². The number of carbonyl (C=O) groups is 1. The molecule has 1 aliphatic carbocycles. The van der Waals surface area contributed by atoms with E-state index in [4.69, 9.17) is 0 Å². The number of Topliss-reactive ketones (excluding diaryl/α,β-unsaturated/α-hetero) is 1. The molecule has 0 unspecified atom stereocenters. The molecule has 1 heterocycles. The van der Waals surface area contributed by atoms with Crippen LogP contribution in [0.15, 0.2) is 36.4 Å². The predicted molar refractivity (Wildman–Crippen MR) is 77.0 cm³/mol. The zero-order valence-corrected chi connectivity index (χ0v) is 11.1. The van der Waals surface area contributed by atoms with E-state index in [1.54, 1.807) is 0 Å². The lowest BCUT2D eigenvalue weighted by molar-refractivity contribution is -0.122. The second-order valence-corrected chi connectivity index (χ2v) is 5.44. The van der Waals surface area contributed by atoms with E-state index in [1.165, 1.54) is 12.8 Å². The van der Waals surface area contributed by atoms with Crippen molar-refractivity contribution in [3.63, 3.8) is 0 Å². The third-order valence-corrected chi connectivity index (χ3v) is 4.09. The van der Waals surface area contributed by atoms with Crippen molar-refractivity contribution >= 4 is 16.7 Å². The number of aryl methyl sites for hydroxylation is 1. The average Bonchev–Trinajstić information content (AvgIpc) is 2.99. The molecule has 0 aliphatic heterocycles. The molecule has 0 atom stereocenters. The number of para-hydroxylation sites is 1. The highest BCUT2D eigenvalue weighted by atomic mass is 16.1. The molecule has 1 aromatic carbocycles.